The predicted molar refractivity (Wildman–Crippen MR) is 199 cm³/mol. The third-order valence-electron chi connectivity index (χ3n) is 8.24. The molecular weight excluding hydrogens is 817 g/mol. The van der Waals surface area contributed by atoms with Crippen LogP contribution in [0.2, 0.25) is 0 Å². The van der Waals surface area contributed by atoms with Crippen LogP contribution in [-0.4, -0.2) is 56.2 Å². The van der Waals surface area contributed by atoms with Gasteiger partial charge in [-0.15, -0.1) is 0 Å². The summed E-state index contributed by atoms with van der Waals surface area (Å²) in [6, 6.07) is 0. The van der Waals surface area contributed by atoms with E-state index in [0.29, 0.717) is 19.3 Å². The summed E-state index contributed by atoms with van der Waals surface area (Å²) in [6.45, 7) is 6.64. The van der Waals surface area contributed by atoms with E-state index < -0.39 is 30.4 Å². The summed E-state index contributed by atoms with van der Waals surface area (Å²) < 4.78 is 92.8. The standard InChI is InChI=1S/3C12H26O3S.Nd/c3*1-2-3-4-5-6-7-8-9-10-11-12-16(13,14)15;/h3*2-12H2,1H3,(H,13,14,15);/q;;;+3/p-3. The number of rotatable bonds is 33. The minimum absolute atomic E-state index is 0. The van der Waals surface area contributed by atoms with Crippen molar-refractivity contribution < 1.29 is 79.8 Å². The van der Waals surface area contributed by atoms with Crippen molar-refractivity contribution in [3.05, 3.63) is 0 Å². The molecule has 0 saturated heterocycles. The Kier molecular flexibility index (Phi) is 48.5. The van der Waals surface area contributed by atoms with Crippen LogP contribution in [0.15, 0.2) is 0 Å². The second-order valence-electron chi connectivity index (χ2n) is 13.3. The summed E-state index contributed by atoms with van der Waals surface area (Å²) in [5.74, 6) is -0.573. The van der Waals surface area contributed by atoms with Crippen LogP contribution in [0.1, 0.15) is 213 Å². The van der Waals surface area contributed by atoms with Crippen molar-refractivity contribution >= 4 is 30.4 Å². The van der Waals surface area contributed by atoms with E-state index in [0.717, 1.165) is 38.5 Å². The van der Waals surface area contributed by atoms with Crippen molar-refractivity contribution in [2.24, 2.45) is 0 Å². The summed E-state index contributed by atoms with van der Waals surface area (Å²) in [6.07, 6.45) is 34.3. The molecule has 0 unspecified atom stereocenters. The van der Waals surface area contributed by atoms with Gasteiger partial charge in [-0.3, -0.25) is 0 Å². The number of hydrogen-bond donors (Lipinski definition) is 0. The molecule has 0 aromatic heterocycles. The van der Waals surface area contributed by atoms with Gasteiger partial charge in [-0.05, 0) is 19.3 Å². The van der Waals surface area contributed by atoms with E-state index in [2.05, 4.69) is 20.8 Å². The Morgan fingerprint density at radius 1 is 0.265 bits per heavy atom. The summed E-state index contributed by atoms with van der Waals surface area (Å²) >= 11 is 0. The molecule has 0 fully saturated rings. The van der Waals surface area contributed by atoms with Crippen LogP contribution in [0.3, 0.4) is 0 Å². The summed E-state index contributed by atoms with van der Waals surface area (Å²) in [7, 11) is -11.9. The van der Waals surface area contributed by atoms with Crippen LogP contribution in [0.5, 0.6) is 0 Å². The minimum Gasteiger partial charge on any atom is -0.748 e. The predicted octanol–water partition coefficient (Wildman–Crippen LogP) is 10.4. The van der Waals surface area contributed by atoms with Crippen LogP contribution < -0.4 is 0 Å². The van der Waals surface area contributed by atoms with Crippen LogP contribution in [-0.2, 0) is 30.4 Å². The fraction of sp³-hybridized carbons (Fsp3) is 1.00. The van der Waals surface area contributed by atoms with Crippen molar-refractivity contribution in [2.75, 3.05) is 17.3 Å². The Hall–Kier alpha value is 1.08. The van der Waals surface area contributed by atoms with Crippen molar-refractivity contribution in [1.82, 2.24) is 0 Å². The van der Waals surface area contributed by atoms with Gasteiger partial charge < -0.3 is 13.7 Å². The molecule has 49 heavy (non-hydrogen) atoms. The average Bonchev–Trinajstić information content (AvgIpc) is 2.99. The smallest absolute Gasteiger partial charge is 0.748 e. The monoisotopic (exact) mass is 889 g/mol. The second kappa shape index (κ2) is 41.8. The first-order valence-electron chi connectivity index (χ1n) is 19.5. The van der Waals surface area contributed by atoms with Gasteiger partial charge in [0.05, 0.1) is 30.4 Å². The summed E-state index contributed by atoms with van der Waals surface area (Å²) in [5, 5.41) is 0. The topological polar surface area (TPSA) is 172 Å². The van der Waals surface area contributed by atoms with Crippen molar-refractivity contribution in [1.29, 1.82) is 0 Å². The molecule has 0 amide bonds. The maximum atomic E-state index is 10.3. The molecule has 0 spiro atoms. The molecular formula is C36H75NdO9S3. The van der Waals surface area contributed by atoms with E-state index >= 15 is 0 Å². The molecule has 0 rings (SSSR count). The number of hydrogen-bond acceptors (Lipinski definition) is 9. The van der Waals surface area contributed by atoms with Crippen LogP contribution in [0.4, 0.5) is 0 Å². The van der Waals surface area contributed by atoms with Gasteiger partial charge in [-0.1, -0.05) is 194 Å². The Bertz CT molecular complexity index is 835. The van der Waals surface area contributed by atoms with Crippen LogP contribution >= 0.6 is 0 Å². The average molecular weight is 892 g/mol. The maximum Gasteiger partial charge on any atom is 3.00 e. The largest absolute Gasteiger partial charge is 3.00 e. The molecule has 0 aromatic rings. The first-order chi connectivity index (χ1) is 22.7. The van der Waals surface area contributed by atoms with Gasteiger partial charge in [0.25, 0.3) is 0 Å². The van der Waals surface area contributed by atoms with Crippen molar-refractivity contribution in [3.63, 3.8) is 0 Å². The molecule has 0 saturated carbocycles. The Labute approximate surface area is 337 Å². The van der Waals surface area contributed by atoms with Gasteiger partial charge in [0.2, 0.25) is 0 Å². The van der Waals surface area contributed by atoms with Gasteiger partial charge >= 0.3 is 40.8 Å². The van der Waals surface area contributed by atoms with Crippen molar-refractivity contribution in [2.45, 2.75) is 213 Å². The zero-order valence-corrected chi connectivity index (χ0v) is 37.4. The Morgan fingerprint density at radius 3 is 0.510 bits per heavy atom. The SMILES string of the molecule is CCCCCCCCCCCCS(=O)(=O)[O-].CCCCCCCCCCCCS(=O)(=O)[O-].CCCCCCCCCCCCS(=O)(=O)[O-].[Nd+3]. The minimum atomic E-state index is -3.98. The normalized spacial score (nSPS) is 11.6. The fourth-order valence-corrected chi connectivity index (χ4v) is 6.97. The third kappa shape index (κ3) is 67.7. The van der Waals surface area contributed by atoms with Crippen LogP contribution in [0, 0.1) is 40.8 Å². The quantitative estimate of drug-likeness (QED) is 0.0459. The first kappa shape index (κ1) is 56.8. The van der Waals surface area contributed by atoms with Gasteiger partial charge in [0.15, 0.2) is 0 Å². The third-order valence-corrected chi connectivity index (χ3v) is 10.6. The molecule has 0 atom stereocenters. The molecule has 1 radical (unpaired) electrons. The zero-order chi connectivity index (χ0) is 36.8. The summed E-state index contributed by atoms with van der Waals surface area (Å²) in [4.78, 5) is 0. The molecule has 0 aliphatic heterocycles. The van der Waals surface area contributed by atoms with Gasteiger partial charge in [0.1, 0.15) is 0 Å². The molecule has 0 bridgehead atoms. The van der Waals surface area contributed by atoms with Crippen molar-refractivity contribution in [3.8, 4) is 0 Å². The molecule has 0 aliphatic rings. The molecule has 0 N–H and O–H groups in total. The van der Waals surface area contributed by atoms with Gasteiger partial charge in [-0.2, -0.15) is 0 Å². The first-order valence-corrected chi connectivity index (χ1v) is 24.2. The maximum absolute atomic E-state index is 10.3. The second-order valence-corrected chi connectivity index (χ2v) is 17.9. The molecule has 13 heteroatoms. The van der Waals surface area contributed by atoms with Gasteiger partial charge in [-0.25, -0.2) is 25.3 Å². The zero-order valence-electron chi connectivity index (χ0n) is 31.7. The number of unbranched alkanes of at least 4 members (excludes halogenated alkanes) is 27. The Morgan fingerprint density at radius 2 is 0.388 bits per heavy atom. The van der Waals surface area contributed by atoms with E-state index in [1.165, 1.54) is 135 Å². The fourth-order valence-electron chi connectivity index (χ4n) is 5.30. The van der Waals surface area contributed by atoms with E-state index in [4.69, 9.17) is 0 Å². The van der Waals surface area contributed by atoms with E-state index in [1.807, 2.05) is 0 Å². The summed E-state index contributed by atoms with van der Waals surface area (Å²) in [5.41, 5.74) is 0. The van der Waals surface area contributed by atoms with Crippen LogP contribution in [0.25, 0.3) is 0 Å². The molecule has 0 heterocycles. The molecule has 0 aromatic carbocycles. The molecule has 9 nitrogen and oxygen atoms in total. The van der Waals surface area contributed by atoms with E-state index in [1.54, 1.807) is 0 Å². The molecule has 295 valence electrons. The van der Waals surface area contributed by atoms with E-state index in [-0.39, 0.29) is 58.1 Å². The Balaban J connectivity index is -0.000000307. The molecule has 0 aliphatic carbocycles. The van der Waals surface area contributed by atoms with Gasteiger partial charge in [0, 0.05) is 17.3 Å². The van der Waals surface area contributed by atoms with E-state index in [9.17, 15) is 38.9 Å².